The van der Waals surface area contributed by atoms with Gasteiger partial charge in [-0.1, -0.05) is 19.3 Å². The summed E-state index contributed by atoms with van der Waals surface area (Å²) in [4.78, 5) is 47.4. The van der Waals surface area contributed by atoms with Crippen molar-refractivity contribution in [3.05, 3.63) is 49.0 Å². The molecule has 5 fully saturated rings. The molecule has 246 valence electrons. The lowest BCUT2D eigenvalue weighted by Gasteiger charge is -2.62. The number of ether oxygens (including phenoxy) is 1. The van der Waals surface area contributed by atoms with Crippen molar-refractivity contribution < 1.29 is 18.7 Å². The number of Topliss-reactive ketones (excluding diaryl/α,β-unsaturated/α-hetero) is 1. The van der Waals surface area contributed by atoms with Crippen molar-refractivity contribution in [2.75, 3.05) is 37.6 Å². The van der Waals surface area contributed by atoms with E-state index in [2.05, 4.69) is 30.1 Å². The van der Waals surface area contributed by atoms with Crippen LogP contribution in [-0.2, 0) is 20.9 Å². The van der Waals surface area contributed by atoms with Crippen LogP contribution in [-0.4, -0.2) is 110 Å². The summed E-state index contributed by atoms with van der Waals surface area (Å²) in [6.07, 6.45) is 17.0. The number of ketones is 1. The molecule has 0 spiro atoms. The van der Waals surface area contributed by atoms with E-state index in [0.29, 0.717) is 50.5 Å². The number of hydrogen-bond acceptors (Lipinski definition) is 9. The number of nitrogens with zero attached hydrogens (tertiary/aromatic N) is 7. The van der Waals surface area contributed by atoms with Crippen molar-refractivity contribution in [1.29, 1.82) is 0 Å². The number of morpholine rings is 1. The van der Waals surface area contributed by atoms with E-state index in [1.54, 1.807) is 35.9 Å². The van der Waals surface area contributed by atoms with Crippen LogP contribution in [0, 0.1) is 17.8 Å². The second-order valence-corrected chi connectivity index (χ2v) is 14.1. The highest BCUT2D eigenvalue weighted by atomic mass is 19.1. The van der Waals surface area contributed by atoms with E-state index in [-0.39, 0.29) is 41.9 Å². The number of anilines is 1. The van der Waals surface area contributed by atoms with Gasteiger partial charge in [-0.05, 0) is 56.6 Å². The Morgan fingerprint density at radius 2 is 1.85 bits per heavy atom. The van der Waals surface area contributed by atoms with Gasteiger partial charge in [0.05, 0.1) is 42.2 Å². The molecular formula is C34H45FN8O3. The number of aromatic nitrogens is 4. The first kappa shape index (κ1) is 30.0. The van der Waals surface area contributed by atoms with E-state index in [0.717, 1.165) is 32.2 Å². The van der Waals surface area contributed by atoms with Crippen molar-refractivity contribution in [2.24, 2.45) is 17.8 Å². The Labute approximate surface area is 269 Å². The highest BCUT2D eigenvalue weighted by molar-refractivity contribution is 6.20. The van der Waals surface area contributed by atoms with Crippen LogP contribution in [0.1, 0.15) is 51.4 Å². The summed E-state index contributed by atoms with van der Waals surface area (Å²) < 4.78 is 25.2. The minimum absolute atomic E-state index is 0.0305. The standard InChI is InChI=1S/C34H45FN8O3/c35-26-19-24-30-32(28(26)37-11-4-13-40-14-12-36-21-40)46-27-8-7-22-5-1-2-6-23(22)29(27)43(30)20-25(31(24)44)33(45)41-15-17-42(18-16-41)34-38-9-3-10-39-34/h3,9-10,12,14,20-24,26-30,32,37H,1-2,4-8,11,13,15-19H2. The minimum Gasteiger partial charge on any atom is -0.369 e. The Bertz CT molecular complexity index is 1420. The molecule has 2 aromatic heterocycles. The number of aryl methyl sites for hydroxylation is 1. The summed E-state index contributed by atoms with van der Waals surface area (Å²) in [5.41, 5.74) is 0.224. The first-order valence-electron chi connectivity index (χ1n) is 17.4. The Morgan fingerprint density at radius 1 is 1.02 bits per heavy atom. The van der Waals surface area contributed by atoms with E-state index in [1.807, 2.05) is 17.0 Å². The molecule has 1 amide bonds. The summed E-state index contributed by atoms with van der Waals surface area (Å²) in [7, 11) is 0. The van der Waals surface area contributed by atoms with Gasteiger partial charge in [0.25, 0.3) is 5.91 Å². The van der Waals surface area contributed by atoms with E-state index < -0.39 is 24.2 Å². The van der Waals surface area contributed by atoms with Gasteiger partial charge in [0.2, 0.25) is 5.95 Å². The van der Waals surface area contributed by atoms with Crippen LogP contribution in [0.25, 0.3) is 0 Å². The average Bonchev–Trinajstić information content (AvgIpc) is 3.62. The molecule has 8 rings (SSSR count). The molecular weight excluding hydrogens is 587 g/mol. The molecule has 0 bridgehead atoms. The van der Waals surface area contributed by atoms with Gasteiger partial charge in [-0.25, -0.2) is 19.3 Å². The smallest absolute Gasteiger partial charge is 0.259 e. The van der Waals surface area contributed by atoms with Gasteiger partial charge in [-0.3, -0.25) is 9.59 Å². The first-order valence-corrected chi connectivity index (χ1v) is 17.4. The quantitative estimate of drug-likeness (QED) is 0.364. The maximum atomic E-state index is 16.2. The monoisotopic (exact) mass is 632 g/mol. The fourth-order valence-electron chi connectivity index (χ4n) is 9.48. The fourth-order valence-corrected chi connectivity index (χ4v) is 9.48. The average molecular weight is 633 g/mol. The number of alkyl halides is 1. The van der Waals surface area contributed by atoms with E-state index in [1.165, 1.54) is 19.3 Å². The number of nitrogens with one attached hydrogen (secondary N) is 1. The largest absolute Gasteiger partial charge is 0.369 e. The van der Waals surface area contributed by atoms with E-state index >= 15 is 4.39 Å². The number of imidazole rings is 1. The van der Waals surface area contributed by atoms with Crippen molar-refractivity contribution in [2.45, 2.75) is 94.4 Å². The lowest BCUT2D eigenvalue weighted by Crippen LogP contribution is -2.74. The summed E-state index contributed by atoms with van der Waals surface area (Å²) in [5.74, 6) is 0.705. The van der Waals surface area contributed by atoms with Crippen molar-refractivity contribution >= 4 is 17.6 Å². The Kier molecular flexibility index (Phi) is 8.26. The van der Waals surface area contributed by atoms with Gasteiger partial charge < -0.3 is 29.3 Å². The van der Waals surface area contributed by atoms with E-state index in [9.17, 15) is 9.59 Å². The molecule has 5 heterocycles. The molecule has 12 heteroatoms. The number of amides is 1. The predicted octanol–water partition coefficient (Wildman–Crippen LogP) is 2.60. The fraction of sp³-hybridized carbons (Fsp3) is 0.676. The first-order chi connectivity index (χ1) is 22.6. The Morgan fingerprint density at radius 3 is 2.65 bits per heavy atom. The maximum absolute atomic E-state index is 16.2. The Hall–Kier alpha value is -3.38. The van der Waals surface area contributed by atoms with Crippen LogP contribution < -0.4 is 10.2 Å². The number of piperazine rings is 1. The third kappa shape index (κ3) is 5.40. The third-order valence-electron chi connectivity index (χ3n) is 11.6. The molecule has 1 N–H and O–H groups in total. The summed E-state index contributed by atoms with van der Waals surface area (Å²) in [6, 6.07) is 1.14. The van der Waals surface area contributed by atoms with Crippen molar-refractivity contribution in [3.63, 3.8) is 0 Å². The topological polar surface area (TPSA) is 109 Å². The zero-order chi connectivity index (χ0) is 31.2. The van der Waals surface area contributed by atoms with Gasteiger partial charge >= 0.3 is 0 Å². The predicted molar refractivity (Wildman–Crippen MR) is 168 cm³/mol. The van der Waals surface area contributed by atoms with Gasteiger partial charge in [0, 0.05) is 69.6 Å². The van der Waals surface area contributed by atoms with Crippen LogP contribution in [0.15, 0.2) is 49.0 Å². The number of rotatable bonds is 7. The van der Waals surface area contributed by atoms with Crippen LogP contribution >= 0.6 is 0 Å². The zero-order valence-corrected chi connectivity index (χ0v) is 26.4. The van der Waals surface area contributed by atoms with Gasteiger partial charge in [-0.15, -0.1) is 0 Å². The number of hydrogen-bond donors (Lipinski definition) is 1. The lowest BCUT2D eigenvalue weighted by molar-refractivity contribution is -0.215. The Balaban J connectivity index is 1.05. The van der Waals surface area contributed by atoms with E-state index in [4.69, 9.17) is 4.74 Å². The van der Waals surface area contributed by atoms with Crippen LogP contribution in [0.5, 0.6) is 0 Å². The van der Waals surface area contributed by atoms with Crippen LogP contribution in [0.4, 0.5) is 10.3 Å². The molecule has 46 heavy (non-hydrogen) atoms. The molecule has 6 aliphatic rings. The molecule has 2 aromatic rings. The lowest BCUT2D eigenvalue weighted by atomic mass is 9.63. The van der Waals surface area contributed by atoms with Gasteiger partial charge in [0.15, 0.2) is 5.78 Å². The normalized spacial score (nSPS) is 35.6. The number of carbonyl (C=O) groups is 2. The van der Waals surface area contributed by atoms with Crippen molar-refractivity contribution in [3.8, 4) is 0 Å². The molecule has 0 aromatic carbocycles. The van der Waals surface area contributed by atoms with Gasteiger partial charge in [0.1, 0.15) is 6.17 Å². The molecule has 9 atom stereocenters. The summed E-state index contributed by atoms with van der Waals surface area (Å²) >= 11 is 0. The van der Waals surface area contributed by atoms with Crippen LogP contribution in [0.2, 0.25) is 0 Å². The molecule has 3 aliphatic heterocycles. The number of fused-ring (bicyclic) bond motifs is 4. The molecule has 0 radical (unpaired) electrons. The maximum Gasteiger partial charge on any atom is 0.259 e. The molecule has 9 unspecified atom stereocenters. The van der Waals surface area contributed by atoms with Crippen molar-refractivity contribution in [1.82, 2.24) is 34.6 Å². The molecule has 2 saturated heterocycles. The number of carbonyl (C=O) groups excluding carboxylic acids is 2. The van der Waals surface area contributed by atoms with Gasteiger partial charge in [-0.2, -0.15) is 0 Å². The third-order valence-corrected chi connectivity index (χ3v) is 11.6. The molecule has 3 aliphatic carbocycles. The summed E-state index contributed by atoms with van der Waals surface area (Å²) in [6.45, 7) is 3.60. The molecule has 11 nitrogen and oxygen atoms in total. The highest BCUT2D eigenvalue weighted by Gasteiger charge is 2.60. The highest BCUT2D eigenvalue weighted by Crippen LogP contribution is 2.51. The minimum atomic E-state index is -1.24. The van der Waals surface area contributed by atoms with Crippen LogP contribution in [0.3, 0.4) is 0 Å². The second-order valence-electron chi connectivity index (χ2n) is 14.1. The number of halogens is 1. The SMILES string of the molecule is O=C1C(C(=O)N2CCN(c3ncccn3)CC2)=CN2C3C(CCC4CCCCC43)OC3C(NCCCn4ccnc4)C(F)CC1C32. The second kappa shape index (κ2) is 12.7. The molecule has 3 saturated carbocycles. The summed E-state index contributed by atoms with van der Waals surface area (Å²) in [5, 5.41) is 3.51. The zero-order valence-electron chi connectivity index (χ0n) is 26.4.